The van der Waals surface area contributed by atoms with Crippen LogP contribution in [-0.4, -0.2) is 14.5 Å². The monoisotopic (exact) mass is 573 g/mol. The summed E-state index contributed by atoms with van der Waals surface area (Å²) in [6.45, 7) is 0. The largest absolute Gasteiger partial charge is 0.278 e. The minimum atomic E-state index is 0.664. The summed E-state index contributed by atoms with van der Waals surface area (Å²) in [6, 6.07) is 57.8. The molecule has 9 aromatic rings. The summed E-state index contributed by atoms with van der Waals surface area (Å²) in [4.78, 5) is 10.8. The summed E-state index contributed by atoms with van der Waals surface area (Å²) < 4.78 is 2.23. The summed E-state index contributed by atoms with van der Waals surface area (Å²) >= 11 is 0. The lowest BCUT2D eigenvalue weighted by molar-refractivity contribution is 1.02. The summed E-state index contributed by atoms with van der Waals surface area (Å²) in [5.74, 6) is 0.664. The topological polar surface area (TPSA) is 30.7 Å². The molecule has 0 aliphatic rings. The van der Waals surface area contributed by atoms with Crippen LogP contribution in [0.2, 0.25) is 0 Å². The maximum atomic E-state index is 5.40. The summed E-state index contributed by atoms with van der Waals surface area (Å²) in [5, 5.41) is 5.69. The molecule has 3 nitrogen and oxygen atoms in total. The van der Waals surface area contributed by atoms with Crippen molar-refractivity contribution in [1.82, 2.24) is 14.5 Å². The first-order chi connectivity index (χ1) is 22.3. The Bertz CT molecular complexity index is 2510. The highest BCUT2D eigenvalue weighted by molar-refractivity contribution is 6.16. The number of hydrogen-bond donors (Lipinski definition) is 0. The van der Waals surface area contributed by atoms with Gasteiger partial charge >= 0.3 is 0 Å². The molecule has 7 aromatic carbocycles. The highest BCUT2D eigenvalue weighted by Crippen LogP contribution is 2.40. The second kappa shape index (κ2) is 10.3. The summed E-state index contributed by atoms with van der Waals surface area (Å²) in [6.07, 6.45) is 0. The van der Waals surface area contributed by atoms with Gasteiger partial charge in [-0.3, -0.25) is 4.57 Å². The van der Waals surface area contributed by atoms with Crippen LogP contribution >= 0.6 is 0 Å². The van der Waals surface area contributed by atoms with Crippen molar-refractivity contribution < 1.29 is 0 Å². The van der Waals surface area contributed by atoms with Crippen LogP contribution in [0.5, 0.6) is 0 Å². The van der Waals surface area contributed by atoms with Gasteiger partial charge in [0.1, 0.15) is 0 Å². The van der Waals surface area contributed by atoms with E-state index in [0.29, 0.717) is 5.95 Å². The lowest BCUT2D eigenvalue weighted by atomic mass is 9.94. The molecule has 0 aliphatic carbocycles. The van der Waals surface area contributed by atoms with Crippen molar-refractivity contribution in [3.05, 3.63) is 164 Å². The third kappa shape index (κ3) is 4.13. The SMILES string of the molecule is c1ccc(-c2ccc3c(c2)c2ccccc2n3-c2nc(-c3ccccc3)c3cc(-c4ccccc4)c4ccccc4c3n2)cc1. The van der Waals surface area contributed by atoms with E-state index in [1.807, 2.05) is 0 Å². The normalized spacial score (nSPS) is 11.6. The standard InChI is InChI=1S/C42H27N3/c1-4-14-28(15-5-1)31-24-25-39-36(26-31)33-21-12-13-23-38(33)45(39)42-43-40(30-18-8-3-9-19-30)37-27-35(29-16-6-2-7-17-29)32-20-10-11-22-34(32)41(37)44-42/h1-27H. The van der Waals surface area contributed by atoms with Crippen LogP contribution in [0.15, 0.2) is 164 Å². The van der Waals surface area contributed by atoms with E-state index in [1.54, 1.807) is 0 Å². The number of fused-ring (bicyclic) bond motifs is 6. The predicted octanol–water partition coefficient (Wildman–Crippen LogP) is 10.9. The summed E-state index contributed by atoms with van der Waals surface area (Å²) in [7, 11) is 0. The van der Waals surface area contributed by atoms with E-state index in [0.717, 1.165) is 38.6 Å². The van der Waals surface area contributed by atoms with Crippen LogP contribution < -0.4 is 0 Å². The van der Waals surface area contributed by atoms with E-state index in [4.69, 9.17) is 9.97 Å². The van der Waals surface area contributed by atoms with E-state index >= 15 is 0 Å². The molecule has 0 saturated heterocycles. The highest BCUT2D eigenvalue weighted by atomic mass is 15.2. The molecular weight excluding hydrogens is 546 g/mol. The van der Waals surface area contributed by atoms with Crippen LogP contribution in [0, 0.1) is 0 Å². The van der Waals surface area contributed by atoms with Crippen molar-refractivity contribution in [2.45, 2.75) is 0 Å². The Morgan fingerprint density at radius 2 is 0.933 bits per heavy atom. The maximum absolute atomic E-state index is 5.40. The predicted molar refractivity (Wildman–Crippen MR) is 188 cm³/mol. The summed E-state index contributed by atoms with van der Waals surface area (Å²) in [5.41, 5.74) is 9.84. The van der Waals surface area contributed by atoms with Gasteiger partial charge in [-0.05, 0) is 51.9 Å². The zero-order valence-electron chi connectivity index (χ0n) is 24.4. The van der Waals surface area contributed by atoms with E-state index < -0.39 is 0 Å². The van der Waals surface area contributed by atoms with Crippen LogP contribution in [0.3, 0.4) is 0 Å². The van der Waals surface area contributed by atoms with E-state index in [1.165, 1.54) is 38.4 Å². The second-order valence-electron chi connectivity index (χ2n) is 11.4. The molecule has 2 heterocycles. The van der Waals surface area contributed by atoms with Gasteiger partial charge in [0.2, 0.25) is 5.95 Å². The lowest BCUT2D eigenvalue weighted by Crippen LogP contribution is -2.04. The average Bonchev–Trinajstić information content (AvgIpc) is 3.46. The number of para-hydroxylation sites is 1. The second-order valence-corrected chi connectivity index (χ2v) is 11.4. The van der Waals surface area contributed by atoms with Gasteiger partial charge in [-0.1, -0.05) is 140 Å². The fraction of sp³-hybridized carbons (Fsp3) is 0. The zero-order chi connectivity index (χ0) is 29.7. The van der Waals surface area contributed by atoms with Crippen LogP contribution in [-0.2, 0) is 0 Å². The van der Waals surface area contributed by atoms with Crippen molar-refractivity contribution in [1.29, 1.82) is 0 Å². The number of benzene rings is 7. The Morgan fingerprint density at radius 3 is 1.67 bits per heavy atom. The molecule has 0 fully saturated rings. The Labute approximate surface area is 260 Å². The van der Waals surface area contributed by atoms with E-state index in [-0.39, 0.29) is 0 Å². The van der Waals surface area contributed by atoms with Crippen molar-refractivity contribution >= 4 is 43.5 Å². The lowest BCUT2D eigenvalue weighted by Gasteiger charge is -2.16. The Hall–Kier alpha value is -6.06. The maximum Gasteiger partial charge on any atom is 0.235 e. The van der Waals surface area contributed by atoms with Crippen molar-refractivity contribution in [2.75, 3.05) is 0 Å². The molecule has 9 rings (SSSR count). The van der Waals surface area contributed by atoms with Crippen molar-refractivity contribution in [3.63, 3.8) is 0 Å². The number of aromatic nitrogens is 3. The van der Waals surface area contributed by atoms with Gasteiger partial charge in [-0.15, -0.1) is 0 Å². The minimum absolute atomic E-state index is 0.664. The molecule has 0 amide bonds. The first-order valence-electron chi connectivity index (χ1n) is 15.3. The van der Waals surface area contributed by atoms with Gasteiger partial charge in [0, 0.05) is 27.1 Å². The number of nitrogens with zero attached hydrogens (tertiary/aromatic N) is 3. The smallest absolute Gasteiger partial charge is 0.235 e. The number of hydrogen-bond acceptors (Lipinski definition) is 2. The molecule has 0 atom stereocenters. The molecule has 2 aromatic heterocycles. The Balaban J connectivity index is 1.39. The quantitative estimate of drug-likeness (QED) is 0.196. The van der Waals surface area contributed by atoms with Crippen molar-refractivity contribution in [2.24, 2.45) is 0 Å². The molecule has 45 heavy (non-hydrogen) atoms. The van der Waals surface area contributed by atoms with E-state index in [9.17, 15) is 0 Å². The van der Waals surface area contributed by atoms with Gasteiger partial charge in [-0.25, -0.2) is 9.97 Å². The highest BCUT2D eigenvalue weighted by Gasteiger charge is 2.20. The molecule has 0 radical (unpaired) electrons. The molecule has 0 saturated carbocycles. The fourth-order valence-corrected chi connectivity index (χ4v) is 6.72. The molecule has 0 aliphatic heterocycles. The van der Waals surface area contributed by atoms with Crippen LogP contribution in [0.25, 0.3) is 82.9 Å². The van der Waals surface area contributed by atoms with Gasteiger partial charge in [0.05, 0.1) is 22.2 Å². The fourth-order valence-electron chi connectivity index (χ4n) is 6.72. The minimum Gasteiger partial charge on any atom is -0.278 e. The first-order valence-corrected chi connectivity index (χ1v) is 15.3. The van der Waals surface area contributed by atoms with Crippen LogP contribution in [0.4, 0.5) is 0 Å². The zero-order valence-corrected chi connectivity index (χ0v) is 24.4. The third-order valence-electron chi connectivity index (χ3n) is 8.81. The molecular formula is C42H27N3. The molecule has 0 N–H and O–H groups in total. The first kappa shape index (κ1) is 25.4. The average molecular weight is 574 g/mol. The Morgan fingerprint density at radius 1 is 0.356 bits per heavy atom. The third-order valence-corrected chi connectivity index (χ3v) is 8.81. The van der Waals surface area contributed by atoms with Crippen molar-refractivity contribution in [3.8, 4) is 39.5 Å². The van der Waals surface area contributed by atoms with Gasteiger partial charge in [0.25, 0.3) is 0 Å². The van der Waals surface area contributed by atoms with Gasteiger partial charge in [-0.2, -0.15) is 0 Å². The molecule has 0 unspecified atom stereocenters. The molecule has 3 heteroatoms. The molecule has 210 valence electrons. The Kier molecular flexibility index (Phi) is 5.82. The molecule has 0 bridgehead atoms. The van der Waals surface area contributed by atoms with Gasteiger partial charge in [0.15, 0.2) is 0 Å². The molecule has 0 spiro atoms. The number of rotatable bonds is 4. The van der Waals surface area contributed by atoms with Crippen LogP contribution in [0.1, 0.15) is 0 Å². The van der Waals surface area contributed by atoms with E-state index in [2.05, 4.69) is 168 Å². The van der Waals surface area contributed by atoms with Gasteiger partial charge < -0.3 is 0 Å².